The highest BCUT2D eigenvalue weighted by atomic mass is 32.1. The first-order chi connectivity index (χ1) is 16.8. The third kappa shape index (κ3) is 6.13. The van der Waals surface area contributed by atoms with Crippen LogP contribution in [0.3, 0.4) is 0 Å². The maximum atomic E-state index is 13.4. The number of hydrogen-bond donors (Lipinski definition) is 3. The highest BCUT2D eigenvalue weighted by Crippen LogP contribution is 2.31. The van der Waals surface area contributed by atoms with Crippen molar-refractivity contribution in [1.29, 1.82) is 0 Å². The average molecular weight is 515 g/mol. The number of β-amino-alcohol motifs (C(OH)–C–C–N with tert-alkyl or cyclic N) is 1. The number of aryl methyl sites for hydroxylation is 2. The summed E-state index contributed by atoms with van der Waals surface area (Å²) in [5.41, 5.74) is 5.53. The van der Waals surface area contributed by atoms with Crippen LogP contribution in [0.5, 0.6) is 0 Å². The molecule has 1 fully saturated rings. The Morgan fingerprint density at radius 1 is 1.25 bits per heavy atom. The number of hydrogen-bond acceptors (Lipinski definition) is 6. The number of likely N-dealkylation sites (tertiary alicyclic amines) is 1. The molecule has 196 valence electrons. The summed E-state index contributed by atoms with van der Waals surface area (Å²) < 4.78 is 0. The Morgan fingerprint density at radius 2 is 1.94 bits per heavy atom. The van der Waals surface area contributed by atoms with E-state index < -0.39 is 23.6 Å². The predicted molar refractivity (Wildman–Crippen MR) is 141 cm³/mol. The van der Waals surface area contributed by atoms with Gasteiger partial charge in [0.15, 0.2) is 0 Å². The van der Waals surface area contributed by atoms with Crippen LogP contribution in [0, 0.1) is 12.3 Å². The summed E-state index contributed by atoms with van der Waals surface area (Å²) in [7, 11) is 0. The minimum absolute atomic E-state index is 0.0561. The van der Waals surface area contributed by atoms with E-state index in [1.165, 1.54) is 11.8 Å². The van der Waals surface area contributed by atoms with Gasteiger partial charge in [-0.1, -0.05) is 39.8 Å². The molecule has 1 aliphatic rings. The zero-order valence-electron chi connectivity index (χ0n) is 22.2. The van der Waals surface area contributed by atoms with Gasteiger partial charge in [-0.05, 0) is 48.4 Å². The normalized spacial score (nSPS) is 19.6. The first-order valence-electron chi connectivity index (χ1n) is 12.4. The number of aliphatic hydroxyl groups excluding tert-OH is 1. The van der Waals surface area contributed by atoms with Crippen molar-refractivity contribution in [2.75, 3.05) is 6.54 Å². The number of benzene rings is 1. The van der Waals surface area contributed by atoms with Crippen LogP contribution >= 0.6 is 11.3 Å². The second-order valence-corrected chi connectivity index (χ2v) is 11.5. The molecular formula is C27H38N4O4S. The summed E-state index contributed by atoms with van der Waals surface area (Å²) in [4.78, 5) is 45.5. The van der Waals surface area contributed by atoms with Crippen molar-refractivity contribution in [3.63, 3.8) is 0 Å². The zero-order valence-corrected chi connectivity index (χ0v) is 23.0. The standard InChI is InChI=1S/C27H38N4O4S/c1-8-18-11-19(23-16(3)28-14-36-23)9-10-21(18)15(2)29-25(34)22-12-20(33)13-31(22)26(35)24(27(5,6)7)30-17(4)32/h9-11,14-15,20,22,24,33H,8,12-13H2,1-7H3,(H,29,34)(H,30,32)/t15-,20+,22?,24+/m0/s1. The average Bonchev–Trinajstić information content (AvgIpc) is 3.41. The largest absolute Gasteiger partial charge is 0.391 e. The maximum absolute atomic E-state index is 13.4. The van der Waals surface area contributed by atoms with Gasteiger partial charge in [-0.3, -0.25) is 14.4 Å². The van der Waals surface area contributed by atoms with Gasteiger partial charge in [0.2, 0.25) is 17.7 Å². The summed E-state index contributed by atoms with van der Waals surface area (Å²) in [6.07, 6.45) is 0.162. The third-order valence-corrected chi connectivity index (χ3v) is 7.66. The lowest BCUT2D eigenvalue weighted by Gasteiger charge is -2.35. The predicted octanol–water partition coefficient (Wildman–Crippen LogP) is 3.37. The lowest BCUT2D eigenvalue weighted by Crippen LogP contribution is -2.57. The number of thiazole rings is 1. The van der Waals surface area contributed by atoms with Gasteiger partial charge in [0.25, 0.3) is 0 Å². The number of nitrogens with one attached hydrogen (secondary N) is 2. The fourth-order valence-corrected chi connectivity index (χ4v) is 5.57. The molecule has 3 rings (SSSR count). The van der Waals surface area contributed by atoms with Crippen LogP contribution in [0.25, 0.3) is 10.4 Å². The molecule has 1 aliphatic heterocycles. The van der Waals surface area contributed by atoms with Gasteiger partial charge >= 0.3 is 0 Å². The smallest absolute Gasteiger partial charge is 0.246 e. The fraction of sp³-hybridized carbons (Fsp3) is 0.556. The first kappa shape index (κ1) is 27.8. The van der Waals surface area contributed by atoms with Crippen molar-refractivity contribution in [2.45, 2.75) is 85.5 Å². The first-order valence-corrected chi connectivity index (χ1v) is 13.3. The van der Waals surface area contributed by atoms with E-state index in [0.29, 0.717) is 0 Å². The van der Waals surface area contributed by atoms with E-state index in [4.69, 9.17) is 0 Å². The minimum atomic E-state index is -0.808. The lowest BCUT2D eigenvalue weighted by molar-refractivity contribution is -0.144. The lowest BCUT2D eigenvalue weighted by atomic mass is 9.85. The molecule has 0 radical (unpaired) electrons. The Labute approximate surface area is 217 Å². The number of aliphatic hydroxyl groups is 1. The molecule has 8 nitrogen and oxygen atoms in total. The molecule has 2 aromatic rings. The Bertz CT molecular complexity index is 1120. The van der Waals surface area contributed by atoms with Crippen molar-refractivity contribution in [3.8, 4) is 10.4 Å². The minimum Gasteiger partial charge on any atom is -0.391 e. The van der Waals surface area contributed by atoms with E-state index >= 15 is 0 Å². The molecule has 4 atom stereocenters. The summed E-state index contributed by atoms with van der Waals surface area (Å²) in [5.74, 6) is -0.991. The molecule has 1 saturated heterocycles. The molecule has 0 spiro atoms. The van der Waals surface area contributed by atoms with Gasteiger partial charge in [0.1, 0.15) is 12.1 Å². The summed E-state index contributed by atoms with van der Waals surface area (Å²) in [6.45, 7) is 13.0. The van der Waals surface area contributed by atoms with Gasteiger partial charge in [0.05, 0.1) is 28.2 Å². The molecule has 0 bridgehead atoms. The molecule has 1 unspecified atom stereocenters. The Kier molecular flexibility index (Phi) is 8.56. The van der Waals surface area contributed by atoms with E-state index in [2.05, 4.69) is 28.6 Å². The topological polar surface area (TPSA) is 112 Å². The highest BCUT2D eigenvalue weighted by Gasteiger charge is 2.44. The van der Waals surface area contributed by atoms with Crippen LogP contribution in [-0.2, 0) is 20.8 Å². The van der Waals surface area contributed by atoms with E-state index in [9.17, 15) is 19.5 Å². The van der Waals surface area contributed by atoms with Crippen LogP contribution < -0.4 is 10.6 Å². The molecule has 2 heterocycles. The number of amides is 3. The van der Waals surface area contributed by atoms with Gasteiger partial charge < -0.3 is 20.6 Å². The SMILES string of the molecule is CCc1cc(-c2scnc2C)ccc1[C@H](C)NC(=O)C1C[C@@H](O)CN1C(=O)[C@@H](NC(C)=O)C(C)(C)C. The van der Waals surface area contributed by atoms with E-state index in [-0.39, 0.29) is 36.7 Å². The van der Waals surface area contributed by atoms with Crippen molar-refractivity contribution in [2.24, 2.45) is 5.41 Å². The summed E-state index contributed by atoms with van der Waals surface area (Å²) in [6, 6.07) is 4.34. The van der Waals surface area contributed by atoms with Crippen molar-refractivity contribution < 1.29 is 19.5 Å². The van der Waals surface area contributed by atoms with Gasteiger partial charge in [-0.15, -0.1) is 11.3 Å². The quantitative estimate of drug-likeness (QED) is 0.525. The monoisotopic (exact) mass is 514 g/mol. The number of rotatable bonds is 7. The number of nitrogens with zero attached hydrogens (tertiary/aromatic N) is 2. The Hall–Kier alpha value is -2.78. The molecule has 1 aromatic carbocycles. The number of aromatic nitrogens is 1. The second kappa shape index (κ2) is 11.1. The fourth-order valence-electron chi connectivity index (χ4n) is 4.77. The molecular weight excluding hydrogens is 476 g/mol. The third-order valence-electron chi connectivity index (χ3n) is 6.68. The van der Waals surface area contributed by atoms with Crippen molar-refractivity contribution in [3.05, 3.63) is 40.5 Å². The van der Waals surface area contributed by atoms with Gasteiger partial charge in [-0.25, -0.2) is 4.98 Å². The number of carbonyl (C=O) groups excluding carboxylic acids is 3. The Balaban J connectivity index is 1.80. The molecule has 3 N–H and O–H groups in total. The van der Waals surface area contributed by atoms with E-state index in [1.54, 1.807) is 11.3 Å². The summed E-state index contributed by atoms with van der Waals surface area (Å²) >= 11 is 1.61. The molecule has 3 amide bonds. The Morgan fingerprint density at radius 3 is 2.50 bits per heavy atom. The van der Waals surface area contributed by atoms with Crippen LogP contribution in [0.2, 0.25) is 0 Å². The molecule has 9 heteroatoms. The maximum Gasteiger partial charge on any atom is 0.246 e. The highest BCUT2D eigenvalue weighted by molar-refractivity contribution is 7.13. The molecule has 0 aliphatic carbocycles. The van der Waals surface area contributed by atoms with Crippen LogP contribution in [0.4, 0.5) is 0 Å². The molecule has 36 heavy (non-hydrogen) atoms. The zero-order chi connectivity index (χ0) is 26.8. The van der Waals surface area contributed by atoms with Crippen LogP contribution in [0.15, 0.2) is 23.7 Å². The second-order valence-electron chi connectivity index (χ2n) is 10.7. The van der Waals surface area contributed by atoms with E-state index in [0.717, 1.165) is 33.7 Å². The summed E-state index contributed by atoms with van der Waals surface area (Å²) in [5, 5.41) is 16.1. The van der Waals surface area contributed by atoms with E-state index in [1.807, 2.05) is 52.3 Å². The van der Waals surface area contributed by atoms with Gasteiger partial charge in [-0.2, -0.15) is 0 Å². The molecule has 0 saturated carbocycles. The van der Waals surface area contributed by atoms with Crippen LogP contribution in [-0.4, -0.2) is 57.4 Å². The number of carbonyl (C=O) groups is 3. The molecule has 1 aromatic heterocycles. The van der Waals surface area contributed by atoms with Crippen molar-refractivity contribution >= 4 is 29.1 Å². The van der Waals surface area contributed by atoms with Crippen LogP contribution in [0.1, 0.15) is 70.8 Å². The van der Waals surface area contributed by atoms with Gasteiger partial charge in [0, 0.05) is 19.9 Å². The van der Waals surface area contributed by atoms with Crippen molar-refractivity contribution in [1.82, 2.24) is 20.5 Å².